The molecule has 0 fully saturated rings. The van der Waals surface area contributed by atoms with Crippen molar-refractivity contribution < 1.29 is 9.53 Å². The van der Waals surface area contributed by atoms with E-state index in [1.807, 2.05) is 92.7 Å². The molecular weight excluding hydrogens is 436 g/mol. The van der Waals surface area contributed by atoms with Gasteiger partial charge in [-0.25, -0.2) is 9.67 Å². The van der Waals surface area contributed by atoms with Crippen LogP contribution in [0.25, 0.3) is 17.1 Å². The minimum absolute atomic E-state index is 0.0920. The average Bonchev–Trinajstić information content (AvgIpc) is 3.32. The van der Waals surface area contributed by atoms with Gasteiger partial charge in [-0.15, -0.1) is 5.10 Å². The maximum Gasteiger partial charge on any atom is 0.295 e. The maximum atomic E-state index is 13.1. The summed E-state index contributed by atoms with van der Waals surface area (Å²) in [6.45, 7) is 4.03. The molecule has 0 unspecified atom stereocenters. The number of carbonyl (C=O) groups excluding carboxylic acids is 1. The molecule has 4 aromatic carbocycles. The summed E-state index contributed by atoms with van der Waals surface area (Å²) < 4.78 is 7.55. The first-order chi connectivity index (χ1) is 17.1. The number of benzene rings is 4. The number of hydrogen-bond donors (Lipinski definition) is 1. The van der Waals surface area contributed by atoms with Gasteiger partial charge in [0.25, 0.3) is 5.91 Å². The van der Waals surface area contributed by atoms with E-state index in [0.717, 1.165) is 28.1 Å². The molecule has 1 heterocycles. The number of ether oxygens (including phenoxy) is 1. The van der Waals surface area contributed by atoms with E-state index in [2.05, 4.69) is 15.4 Å². The van der Waals surface area contributed by atoms with Gasteiger partial charge >= 0.3 is 0 Å². The lowest BCUT2D eigenvalue weighted by molar-refractivity contribution is 0.101. The fraction of sp³-hybridized carbons (Fsp3) is 0.0690. The second-order valence-corrected chi connectivity index (χ2v) is 8.22. The van der Waals surface area contributed by atoms with Gasteiger partial charge in [0.2, 0.25) is 5.82 Å². The van der Waals surface area contributed by atoms with E-state index in [-0.39, 0.29) is 11.7 Å². The number of hydrogen-bond acceptors (Lipinski definition) is 4. The van der Waals surface area contributed by atoms with Crippen molar-refractivity contribution in [3.8, 4) is 28.6 Å². The second-order valence-electron chi connectivity index (χ2n) is 8.22. The monoisotopic (exact) mass is 460 g/mol. The summed E-state index contributed by atoms with van der Waals surface area (Å²) in [5.74, 6) is 1.74. The summed E-state index contributed by atoms with van der Waals surface area (Å²) in [5, 5.41) is 7.47. The molecule has 1 amide bonds. The lowest BCUT2D eigenvalue weighted by Crippen LogP contribution is -2.14. The Hall–Kier alpha value is -4.71. The van der Waals surface area contributed by atoms with Crippen molar-refractivity contribution in [2.24, 2.45) is 0 Å². The molecule has 1 aromatic heterocycles. The van der Waals surface area contributed by atoms with Gasteiger partial charge in [-0.05, 0) is 67.9 Å². The van der Waals surface area contributed by atoms with E-state index in [4.69, 9.17) is 4.74 Å². The molecule has 6 heteroatoms. The number of nitrogens with one attached hydrogen (secondary N) is 1. The summed E-state index contributed by atoms with van der Waals surface area (Å²) >= 11 is 0. The van der Waals surface area contributed by atoms with Crippen LogP contribution in [-0.4, -0.2) is 20.7 Å². The summed E-state index contributed by atoms with van der Waals surface area (Å²) in [5.41, 5.74) is 4.53. The smallest absolute Gasteiger partial charge is 0.295 e. The molecule has 0 aliphatic carbocycles. The lowest BCUT2D eigenvalue weighted by Gasteiger charge is -2.09. The van der Waals surface area contributed by atoms with Gasteiger partial charge in [0.15, 0.2) is 5.82 Å². The number of nitrogens with zero attached hydrogens (tertiary/aromatic N) is 3. The van der Waals surface area contributed by atoms with E-state index in [1.54, 1.807) is 28.9 Å². The molecule has 1 N–H and O–H groups in total. The van der Waals surface area contributed by atoms with Gasteiger partial charge < -0.3 is 10.1 Å². The van der Waals surface area contributed by atoms with Gasteiger partial charge in [-0.1, -0.05) is 60.2 Å². The summed E-state index contributed by atoms with van der Waals surface area (Å²) in [7, 11) is 0. The lowest BCUT2D eigenvalue weighted by atomic mass is 10.1. The third-order valence-electron chi connectivity index (χ3n) is 5.52. The molecule has 0 aliphatic rings. The summed E-state index contributed by atoms with van der Waals surface area (Å²) in [6, 6.07) is 32.6. The zero-order valence-corrected chi connectivity index (χ0v) is 19.5. The normalized spacial score (nSPS) is 10.7. The first-order valence-corrected chi connectivity index (χ1v) is 11.3. The van der Waals surface area contributed by atoms with Gasteiger partial charge in [0.1, 0.15) is 11.5 Å². The Balaban J connectivity index is 1.42. The number of aryl methyl sites for hydroxylation is 2. The van der Waals surface area contributed by atoms with Crippen LogP contribution in [0.15, 0.2) is 103 Å². The predicted molar refractivity (Wildman–Crippen MR) is 137 cm³/mol. The van der Waals surface area contributed by atoms with Crippen LogP contribution in [0.3, 0.4) is 0 Å². The van der Waals surface area contributed by atoms with Crippen LogP contribution in [0.5, 0.6) is 11.5 Å². The van der Waals surface area contributed by atoms with Crippen LogP contribution in [0.4, 0.5) is 5.69 Å². The van der Waals surface area contributed by atoms with Crippen LogP contribution < -0.4 is 10.1 Å². The highest BCUT2D eigenvalue weighted by atomic mass is 16.5. The van der Waals surface area contributed by atoms with Gasteiger partial charge in [0, 0.05) is 11.3 Å². The fourth-order valence-corrected chi connectivity index (χ4v) is 3.77. The number of para-hydroxylation sites is 2. The molecule has 0 spiro atoms. The highest BCUT2D eigenvalue weighted by Crippen LogP contribution is 2.25. The number of carbonyl (C=O) groups is 1. The Morgan fingerprint density at radius 3 is 2.26 bits per heavy atom. The Morgan fingerprint density at radius 1 is 0.800 bits per heavy atom. The van der Waals surface area contributed by atoms with Crippen molar-refractivity contribution >= 4 is 11.6 Å². The number of aromatic nitrogens is 3. The van der Waals surface area contributed by atoms with Crippen LogP contribution in [0, 0.1) is 13.8 Å². The van der Waals surface area contributed by atoms with Crippen LogP contribution in [0.2, 0.25) is 0 Å². The molecule has 6 nitrogen and oxygen atoms in total. The zero-order valence-electron chi connectivity index (χ0n) is 19.5. The van der Waals surface area contributed by atoms with Crippen LogP contribution in [-0.2, 0) is 0 Å². The van der Waals surface area contributed by atoms with Gasteiger partial charge in [0.05, 0.1) is 5.69 Å². The molecule has 35 heavy (non-hydrogen) atoms. The Kier molecular flexibility index (Phi) is 6.09. The first-order valence-electron chi connectivity index (χ1n) is 11.3. The van der Waals surface area contributed by atoms with Crippen molar-refractivity contribution in [2.45, 2.75) is 13.8 Å². The molecule has 5 aromatic rings. The number of anilines is 1. The molecule has 5 rings (SSSR count). The van der Waals surface area contributed by atoms with Gasteiger partial charge in [-0.2, -0.15) is 0 Å². The van der Waals surface area contributed by atoms with Crippen LogP contribution >= 0.6 is 0 Å². The minimum Gasteiger partial charge on any atom is -0.457 e. The highest BCUT2D eigenvalue weighted by molar-refractivity contribution is 6.01. The van der Waals surface area contributed by atoms with Crippen molar-refractivity contribution in [1.82, 2.24) is 14.8 Å². The van der Waals surface area contributed by atoms with Crippen molar-refractivity contribution in [2.75, 3.05) is 5.32 Å². The molecule has 0 saturated heterocycles. The molecule has 0 atom stereocenters. The maximum absolute atomic E-state index is 13.1. The summed E-state index contributed by atoms with van der Waals surface area (Å²) in [4.78, 5) is 17.7. The highest BCUT2D eigenvalue weighted by Gasteiger charge is 2.20. The fourth-order valence-electron chi connectivity index (χ4n) is 3.77. The molecule has 172 valence electrons. The third-order valence-corrected chi connectivity index (χ3v) is 5.52. The molecule has 0 radical (unpaired) electrons. The van der Waals surface area contributed by atoms with E-state index >= 15 is 0 Å². The molecule has 0 aliphatic heterocycles. The third kappa shape index (κ3) is 4.96. The Labute approximate surface area is 203 Å². The van der Waals surface area contributed by atoms with Crippen molar-refractivity contribution in [3.63, 3.8) is 0 Å². The van der Waals surface area contributed by atoms with Gasteiger partial charge in [-0.3, -0.25) is 4.79 Å². The second kappa shape index (κ2) is 9.65. The van der Waals surface area contributed by atoms with E-state index < -0.39 is 0 Å². The first kappa shape index (κ1) is 22.1. The number of rotatable bonds is 6. The quantitative estimate of drug-likeness (QED) is 0.310. The average molecular weight is 461 g/mol. The number of amides is 1. The largest absolute Gasteiger partial charge is 0.457 e. The molecule has 0 saturated carbocycles. The topological polar surface area (TPSA) is 69.0 Å². The van der Waals surface area contributed by atoms with Crippen LogP contribution in [0.1, 0.15) is 21.7 Å². The Bertz CT molecular complexity index is 1470. The minimum atomic E-state index is -0.386. The summed E-state index contributed by atoms with van der Waals surface area (Å²) in [6.07, 6.45) is 0. The molecular formula is C29H24N4O2. The SMILES string of the molecule is Cc1cccc(-c2nc(C(=O)Nc3ccc(Oc4ccccc4)cc3)nn2-c2ccccc2C)c1. The standard InChI is InChI=1S/C29H24N4O2/c1-20-9-8-11-22(19-20)28-31-27(32-33(28)26-14-7-6-10-21(26)2)29(34)30-23-15-17-25(18-16-23)35-24-12-4-3-5-13-24/h3-19H,1-2H3,(H,30,34). The Morgan fingerprint density at radius 2 is 1.51 bits per heavy atom. The predicted octanol–water partition coefficient (Wildman–Crippen LogP) is 6.60. The van der Waals surface area contributed by atoms with E-state index in [1.165, 1.54) is 0 Å². The van der Waals surface area contributed by atoms with E-state index in [0.29, 0.717) is 17.3 Å². The molecule has 0 bridgehead atoms. The van der Waals surface area contributed by atoms with Crippen molar-refractivity contribution in [1.29, 1.82) is 0 Å². The zero-order chi connectivity index (χ0) is 24.2. The van der Waals surface area contributed by atoms with Crippen molar-refractivity contribution in [3.05, 3.63) is 120 Å². The van der Waals surface area contributed by atoms with E-state index in [9.17, 15) is 4.79 Å².